The van der Waals surface area contributed by atoms with Gasteiger partial charge in [0, 0.05) is 37.3 Å². The lowest BCUT2D eigenvalue weighted by molar-refractivity contribution is -0.140. The van der Waals surface area contributed by atoms with Gasteiger partial charge in [-0.15, -0.1) is 0 Å². The second-order valence-corrected chi connectivity index (χ2v) is 7.79. The highest BCUT2D eigenvalue weighted by atomic mass is 19.3. The van der Waals surface area contributed by atoms with Gasteiger partial charge in [-0.25, -0.2) is 13.2 Å². The van der Waals surface area contributed by atoms with Gasteiger partial charge in [0.25, 0.3) is 11.8 Å². The Morgan fingerprint density at radius 1 is 1.14 bits per heavy atom. The van der Waals surface area contributed by atoms with Crippen LogP contribution in [0.2, 0.25) is 0 Å². The van der Waals surface area contributed by atoms with E-state index in [1.165, 1.54) is 41.4 Å². The average molecular weight is 403 g/mol. The number of carbonyl (C=O) groups is 2. The Morgan fingerprint density at radius 3 is 2.59 bits per heavy atom. The fraction of sp³-hybridized carbons (Fsp3) is 0.381. The molecule has 0 radical (unpaired) electrons. The van der Waals surface area contributed by atoms with Crippen molar-refractivity contribution >= 4 is 17.5 Å². The van der Waals surface area contributed by atoms with E-state index in [1.54, 1.807) is 12.1 Å². The molecule has 2 amide bonds. The van der Waals surface area contributed by atoms with Gasteiger partial charge in [-0.2, -0.15) is 0 Å². The Bertz CT molecular complexity index is 921. The van der Waals surface area contributed by atoms with E-state index in [1.807, 2.05) is 0 Å². The molecule has 1 aromatic carbocycles. The second-order valence-electron chi connectivity index (χ2n) is 7.79. The fourth-order valence-electron chi connectivity index (χ4n) is 4.44. The number of rotatable bonds is 3. The second kappa shape index (κ2) is 7.17. The third kappa shape index (κ3) is 3.83. The van der Waals surface area contributed by atoms with Crippen LogP contribution in [0.4, 0.5) is 18.9 Å². The Hall–Kier alpha value is -2.90. The van der Waals surface area contributed by atoms with Gasteiger partial charge in [-0.1, -0.05) is 6.07 Å². The van der Waals surface area contributed by atoms with Gasteiger partial charge < -0.3 is 10.2 Å². The molecule has 1 aliphatic carbocycles. The third-order valence-corrected chi connectivity index (χ3v) is 5.66. The molecule has 2 heterocycles. The van der Waals surface area contributed by atoms with E-state index in [2.05, 4.69) is 10.3 Å². The van der Waals surface area contributed by atoms with Crippen LogP contribution in [-0.4, -0.2) is 35.3 Å². The van der Waals surface area contributed by atoms with E-state index < -0.39 is 47.9 Å². The predicted molar refractivity (Wildman–Crippen MR) is 100 cm³/mol. The number of aromatic nitrogens is 1. The molecule has 152 valence electrons. The first-order valence-corrected chi connectivity index (χ1v) is 9.45. The number of nitrogens with zero attached hydrogens (tertiary/aromatic N) is 2. The first kappa shape index (κ1) is 19.4. The van der Waals surface area contributed by atoms with Crippen LogP contribution in [0.25, 0.3) is 0 Å². The minimum Gasteiger partial charge on any atom is -0.348 e. The SMILES string of the molecule is O=C(N[C@@H]1CC(F)(F)C[C@@]2(CCN(c3ccc(F)cc3)C2=O)C1)c1ccccn1. The maximum atomic E-state index is 14.6. The molecule has 2 fully saturated rings. The minimum absolute atomic E-state index is 0.137. The maximum absolute atomic E-state index is 14.6. The summed E-state index contributed by atoms with van der Waals surface area (Å²) in [5.41, 5.74) is -0.629. The molecule has 2 atom stereocenters. The number of pyridine rings is 1. The van der Waals surface area contributed by atoms with Gasteiger partial charge in [-0.3, -0.25) is 14.6 Å². The zero-order valence-corrected chi connectivity index (χ0v) is 15.6. The smallest absolute Gasteiger partial charge is 0.270 e. The Morgan fingerprint density at radius 2 is 1.90 bits per heavy atom. The number of hydrogen-bond donors (Lipinski definition) is 1. The van der Waals surface area contributed by atoms with Gasteiger partial charge in [0.2, 0.25) is 5.91 Å². The molecule has 1 aliphatic heterocycles. The first-order valence-electron chi connectivity index (χ1n) is 9.45. The Labute approximate surface area is 165 Å². The largest absolute Gasteiger partial charge is 0.348 e. The van der Waals surface area contributed by atoms with Crippen LogP contribution in [0.1, 0.15) is 36.2 Å². The van der Waals surface area contributed by atoms with Crippen LogP contribution >= 0.6 is 0 Å². The summed E-state index contributed by atoms with van der Waals surface area (Å²) in [6.07, 6.45) is 0.781. The van der Waals surface area contributed by atoms with Crippen molar-refractivity contribution in [1.29, 1.82) is 0 Å². The molecule has 2 aliphatic rings. The molecule has 1 saturated carbocycles. The van der Waals surface area contributed by atoms with Gasteiger partial charge in [-0.05, 0) is 49.2 Å². The number of halogens is 3. The lowest BCUT2D eigenvalue weighted by Crippen LogP contribution is -2.52. The van der Waals surface area contributed by atoms with Crippen molar-refractivity contribution in [2.24, 2.45) is 5.41 Å². The van der Waals surface area contributed by atoms with Crippen LogP contribution in [0, 0.1) is 11.2 Å². The lowest BCUT2D eigenvalue weighted by Gasteiger charge is -2.40. The minimum atomic E-state index is -3.07. The number of hydrogen-bond acceptors (Lipinski definition) is 3. The molecule has 1 N–H and O–H groups in total. The molecule has 0 bridgehead atoms. The summed E-state index contributed by atoms with van der Waals surface area (Å²) in [4.78, 5) is 30.9. The van der Waals surface area contributed by atoms with E-state index in [9.17, 15) is 22.8 Å². The molecule has 8 heteroatoms. The number of anilines is 1. The number of nitrogens with one attached hydrogen (secondary N) is 1. The van der Waals surface area contributed by atoms with Crippen LogP contribution < -0.4 is 10.2 Å². The summed E-state index contributed by atoms with van der Waals surface area (Å²) in [5, 5.41) is 2.62. The topological polar surface area (TPSA) is 62.3 Å². The summed E-state index contributed by atoms with van der Waals surface area (Å²) >= 11 is 0. The fourth-order valence-corrected chi connectivity index (χ4v) is 4.44. The molecule has 1 saturated heterocycles. The van der Waals surface area contributed by atoms with Crippen LogP contribution in [0.5, 0.6) is 0 Å². The molecular weight excluding hydrogens is 383 g/mol. The molecule has 1 spiro atoms. The molecule has 0 unspecified atom stereocenters. The highest BCUT2D eigenvalue weighted by molar-refractivity contribution is 6.00. The van der Waals surface area contributed by atoms with Crippen molar-refractivity contribution in [2.75, 3.05) is 11.4 Å². The summed E-state index contributed by atoms with van der Waals surface area (Å²) in [6.45, 7) is 0.279. The van der Waals surface area contributed by atoms with Gasteiger partial charge >= 0.3 is 0 Å². The number of benzene rings is 1. The van der Waals surface area contributed by atoms with Crippen molar-refractivity contribution in [3.8, 4) is 0 Å². The lowest BCUT2D eigenvalue weighted by atomic mass is 9.69. The van der Waals surface area contributed by atoms with Crippen LogP contribution in [0.3, 0.4) is 0 Å². The third-order valence-electron chi connectivity index (χ3n) is 5.66. The van der Waals surface area contributed by atoms with Crippen molar-refractivity contribution in [3.63, 3.8) is 0 Å². The summed E-state index contributed by atoms with van der Waals surface area (Å²) in [7, 11) is 0. The monoisotopic (exact) mass is 403 g/mol. The number of alkyl halides is 2. The van der Waals surface area contributed by atoms with Crippen molar-refractivity contribution in [1.82, 2.24) is 10.3 Å². The van der Waals surface area contributed by atoms with Crippen molar-refractivity contribution < 1.29 is 22.8 Å². The van der Waals surface area contributed by atoms with Gasteiger partial charge in [0.1, 0.15) is 11.5 Å². The molecule has 4 rings (SSSR count). The highest BCUT2D eigenvalue weighted by Gasteiger charge is 2.57. The molecular formula is C21H20F3N3O2. The van der Waals surface area contributed by atoms with Gasteiger partial charge in [0.15, 0.2) is 0 Å². The van der Waals surface area contributed by atoms with Crippen LogP contribution in [-0.2, 0) is 4.79 Å². The van der Waals surface area contributed by atoms with Crippen molar-refractivity contribution in [3.05, 3.63) is 60.2 Å². The standard InChI is InChI=1S/C21H20F3N3O2/c22-14-4-6-16(7-5-14)27-10-8-20(19(27)29)11-15(12-21(23,24)13-20)26-18(28)17-3-1-2-9-25-17/h1-7,9,15H,8,10-13H2,(H,26,28)/t15-,20+/m0/s1. The zero-order valence-electron chi connectivity index (χ0n) is 15.6. The molecule has 2 aromatic rings. The number of carbonyl (C=O) groups excluding carboxylic acids is 2. The summed E-state index contributed by atoms with van der Waals surface area (Å²) in [5.74, 6) is -4.45. The number of amides is 2. The average Bonchev–Trinajstić information content (AvgIpc) is 2.97. The molecule has 29 heavy (non-hydrogen) atoms. The Balaban J connectivity index is 1.54. The maximum Gasteiger partial charge on any atom is 0.270 e. The van der Waals surface area contributed by atoms with E-state index in [4.69, 9.17) is 0 Å². The molecule has 5 nitrogen and oxygen atoms in total. The molecule has 1 aromatic heterocycles. The first-order chi connectivity index (χ1) is 13.8. The quantitative estimate of drug-likeness (QED) is 0.853. The van der Waals surface area contributed by atoms with Gasteiger partial charge in [0.05, 0.1) is 5.41 Å². The van der Waals surface area contributed by atoms with Crippen molar-refractivity contribution in [2.45, 2.75) is 37.6 Å². The van der Waals surface area contributed by atoms with E-state index in [-0.39, 0.29) is 25.1 Å². The highest BCUT2D eigenvalue weighted by Crippen LogP contribution is 2.51. The zero-order chi connectivity index (χ0) is 20.6. The van der Waals surface area contributed by atoms with E-state index in [0.717, 1.165) is 0 Å². The summed E-state index contributed by atoms with van der Waals surface area (Å²) in [6, 6.07) is 9.36. The predicted octanol–water partition coefficient (Wildman–Crippen LogP) is 3.56. The van der Waals surface area contributed by atoms with E-state index >= 15 is 0 Å². The summed E-state index contributed by atoms with van der Waals surface area (Å²) < 4.78 is 42.3. The normalized spacial score (nSPS) is 26.0. The van der Waals surface area contributed by atoms with Crippen LogP contribution in [0.15, 0.2) is 48.7 Å². The van der Waals surface area contributed by atoms with E-state index in [0.29, 0.717) is 5.69 Å². The Kier molecular flexibility index (Phi) is 4.80.